The lowest BCUT2D eigenvalue weighted by Crippen LogP contribution is -2.29. The normalized spacial score (nSPS) is 10.6. The highest BCUT2D eigenvalue weighted by Gasteiger charge is 2.14. The van der Waals surface area contributed by atoms with Gasteiger partial charge < -0.3 is 16.0 Å². The van der Waals surface area contributed by atoms with E-state index in [0.29, 0.717) is 36.1 Å². The summed E-state index contributed by atoms with van der Waals surface area (Å²) in [5.74, 6) is 1.83. The largest absolute Gasteiger partial charge is 0.368 e. The van der Waals surface area contributed by atoms with E-state index < -0.39 is 0 Å². The van der Waals surface area contributed by atoms with Crippen LogP contribution >= 0.6 is 0 Å². The highest BCUT2D eigenvalue weighted by molar-refractivity contribution is 5.95. The van der Waals surface area contributed by atoms with Crippen molar-refractivity contribution in [3.8, 4) is 5.69 Å². The van der Waals surface area contributed by atoms with Crippen LogP contribution in [0.2, 0.25) is 0 Å². The van der Waals surface area contributed by atoms with Gasteiger partial charge in [0.1, 0.15) is 23.8 Å². The summed E-state index contributed by atoms with van der Waals surface area (Å²) in [5.41, 5.74) is 3.36. The van der Waals surface area contributed by atoms with E-state index in [4.69, 9.17) is 0 Å². The maximum absolute atomic E-state index is 12.6. The van der Waals surface area contributed by atoms with Crippen molar-refractivity contribution in [1.29, 1.82) is 0 Å². The molecule has 0 aliphatic heterocycles. The van der Waals surface area contributed by atoms with Crippen molar-refractivity contribution >= 4 is 23.4 Å². The smallest absolute Gasteiger partial charge is 0.254 e. The van der Waals surface area contributed by atoms with Crippen LogP contribution in [0.4, 0.5) is 17.5 Å². The molecular weight excluding hydrogens is 404 g/mol. The molecule has 0 saturated carbocycles. The van der Waals surface area contributed by atoms with Gasteiger partial charge in [0, 0.05) is 25.4 Å². The van der Waals surface area contributed by atoms with Gasteiger partial charge in [-0.1, -0.05) is 18.2 Å². The predicted molar refractivity (Wildman–Crippen MR) is 123 cm³/mol. The van der Waals surface area contributed by atoms with Crippen LogP contribution in [0.1, 0.15) is 21.6 Å². The second kappa shape index (κ2) is 9.69. The quantitative estimate of drug-likeness (QED) is 0.370. The zero-order chi connectivity index (χ0) is 22.3. The van der Waals surface area contributed by atoms with E-state index in [2.05, 4.69) is 36.0 Å². The zero-order valence-corrected chi connectivity index (χ0v) is 17.9. The van der Waals surface area contributed by atoms with E-state index in [1.54, 1.807) is 23.1 Å². The van der Waals surface area contributed by atoms with E-state index in [9.17, 15) is 4.79 Å². The van der Waals surface area contributed by atoms with Gasteiger partial charge in [0.15, 0.2) is 0 Å². The minimum atomic E-state index is -0.165. The number of hydrogen-bond donors (Lipinski definition) is 3. The Hall–Kier alpha value is -4.27. The van der Waals surface area contributed by atoms with Crippen LogP contribution in [-0.2, 0) is 0 Å². The number of anilines is 3. The fourth-order valence-electron chi connectivity index (χ4n) is 3.18. The van der Waals surface area contributed by atoms with Crippen molar-refractivity contribution < 1.29 is 4.79 Å². The predicted octanol–water partition coefficient (Wildman–Crippen LogP) is 3.26. The molecule has 32 heavy (non-hydrogen) atoms. The van der Waals surface area contributed by atoms with Gasteiger partial charge in [-0.25, -0.2) is 19.6 Å². The molecule has 162 valence electrons. The van der Waals surface area contributed by atoms with Crippen LogP contribution in [0.5, 0.6) is 0 Å². The lowest BCUT2D eigenvalue weighted by atomic mass is 10.2. The maximum Gasteiger partial charge on any atom is 0.254 e. The van der Waals surface area contributed by atoms with E-state index in [1.165, 1.54) is 6.33 Å². The second-order valence-corrected chi connectivity index (χ2v) is 7.21. The first-order valence-electron chi connectivity index (χ1n) is 10.2. The highest BCUT2D eigenvalue weighted by atomic mass is 16.1. The molecular formula is C23H24N8O. The van der Waals surface area contributed by atoms with Gasteiger partial charge in [-0.05, 0) is 43.7 Å². The molecule has 0 radical (unpaired) electrons. The zero-order valence-electron chi connectivity index (χ0n) is 17.9. The molecule has 0 spiro atoms. The number of rotatable bonds is 8. The molecule has 4 aromatic rings. The van der Waals surface area contributed by atoms with Crippen LogP contribution in [0.3, 0.4) is 0 Å². The summed E-state index contributed by atoms with van der Waals surface area (Å²) in [6, 6.07) is 15.4. The standard InChI is InChI=1S/C23H24N8O/c1-16-8-9-24-21(12-16)30-22-13-20(27-15-28-22)25-10-11-26-23(32)19-14-29-31(17(19)2)18-6-4-3-5-7-18/h3-9,12-15H,10-11H2,1-2H3,(H,26,32)(H2,24,25,27,28,30). The van der Waals surface area contributed by atoms with E-state index in [1.807, 2.05) is 56.3 Å². The van der Waals surface area contributed by atoms with Gasteiger partial charge in [0.05, 0.1) is 23.1 Å². The van der Waals surface area contributed by atoms with Crippen LogP contribution in [0.15, 0.2) is 67.3 Å². The summed E-state index contributed by atoms with van der Waals surface area (Å²) in [7, 11) is 0. The molecule has 9 heteroatoms. The average molecular weight is 429 g/mol. The Labute approximate surface area is 186 Å². The molecule has 0 aliphatic carbocycles. The Morgan fingerprint density at radius 3 is 2.53 bits per heavy atom. The Balaban J connectivity index is 1.29. The second-order valence-electron chi connectivity index (χ2n) is 7.21. The monoisotopic (exact) mass is 428 g/mol. The average Bonchev–Trinajstić information content (AvgIpc) is 3.19. The first-order valence-corrected chi connectivity index (χ1v) is 10.2. The number of carbonyl (C=O) groups excluding carboxylic acids is 1. The lowest BCUT2D eigenvalue weighted by Gasteiger charge is -2.09. The molecule has 0 unspecified atom stereocenters. The molecule has 0 atom stereocenters. The highest BCUT2D eigenvalue weighted by Crippen LogP contribution is 2.15. The number of amides is 1. The number of aromatic nitrogens is 5. The summed E-state index contributed by atoms with van der Waals surface area (Å²) < 4.78 is 1.76. The third kappa shape index (κ3) is 5.07. The summed E-state index contributed by atoms with van der Waals surface area (Å²) in [6.45, 7) is 4.83. The molecule has 1 aromatic carbocycles. The SMILES string of the molecule is Cc1ccnc(Nc2cc(NCCNC(=O)c3cnn(-c4ccccc4)c3C)ncn2)c1. The van der Waals surface area contributed by atoms with Gasteiger partial charge in [0.2, 0.25) is 0 Å². The van der Waals surface area contributed by atoms with Crippen LogP contribution < -0.4 is 16.0 Å². The van der Waals surface area contributed by atoms with Crippen molar-refractivity contribution in [2.45, 2.75) is 13.8 Å². The third-order valence-corrected chi connectivity index (χ3v) is 4.81. The first-order chi connectivity index (χ1) is 15.6. The fourth-order valence-corrected chi connectivity index (χ4v) is 3.18. The van der Waals surface area contributed by atoms with E-state index in [-0.39, 0.29) is 5.91 Å². The molecule has 0 fully saturated rings. The minimum absolute atomic E-state index is 0.165. The fraction of sp³-hybridized carbons (Fsp3) is 0.174. The van der Waals surface area contributed by atoms with Crippen LogP contribution in [0, 0.1) is 13.8 Å². The number of hydrogen-bond acceptors (Lipinski definition) is 7. The topological polar surface area (TPSA) is 110 Å². The summed E-state index contributed by atoms with van der Waals surface area (Å²) >= 11 is 0. The first kappa shape index (κ1) is 21.0. The summed E-state index contributed by atoms with van der Waals surface area (Å²) in [4.78, 5) is 25.3. The molecule has 0 aliphatic rings. The van der Waals surface area contributed by atoms with Crippen molar-refractivity contribution in [2.24, 2.45) is 0 Å². The molecule has 4 rings (SSSR count). The Kier molecular flexibility index (Phi) is 6.35. The van der Waals surface area contributed by atoms with Crippen molar-refractivity contribution in [1.82, 2.24) is 30.0 Å². The Bertz CT molecular complexity index is 1210. The van der Waals surface area contributed by atoms with Crippen molar-refractivity contribution in [3.63, 3.8) is 0 Å². The minimum Gasteiger partial charge on any atom is -0.368 e. The summed E-state index contributed by atoms with van der Waals surface area (Å²) in [5, 5.41) is 13.6. The van der Waals surface area contributed by atoms with Gasteiger partial charge >= 0.3 is 0 Å². The molecule has 1 amide bonds. The number of nitrogens with one attached hydrogen (secondary N) is 3. The third-order valence-electron chi connectivity index (χ3n) is 4.81. The number of carbonyl (C=O) groups is 1. The molecule has 0 saturated heterocycles. The maximum atomic E-state index is 12.6. The van der Waals surface area contributed by atoms with Crippen LogP contribution in [0.25, 0.3) is 5.69 Å². The van der Waals surface area contributed by atoms with Gasteiger partial charge in [-0.3, -0.25) is 4.79 Å². The van der Waals surface area contributed by atoms with E-state index >= 15 is 0 Å². The Morgan fingerprint density at radius 1 is 0.938 bits per heavy atom. The molecule has 3 N–H and O–H groups in total. The van der Waals surface area contributed by atoms with Crippen molar-refractivity contribution in [3.05, 3.63) is 84.1 Å². The molecule has 9 nitrogen and oxygen atoms in total. The Morgan fingerprint density at radius 2 is 1.72 bits per heavy atom. The van der Waals surface area contributed by atoms with Crippen molar-refractivity contribution in [2.75, 3.05) is 23.7 Å². The van der Waals surface area contributed by atoms with Gasteiger partial charge in [-0.2, -0.15) is 5.10 Å². The molecule has 0 bridgehead atoms. The van der Waals surface area contributed by atoms with Crippen LogP contribution in [-0.4, -0.2) is 43.7 Å². The number of pyridine rings is 1. The lowest BCUT2D eigenvalue weighted by molar-refractivity contribution is 0.0954. The number of aryl methyl sites for hydroxylation is 1. The summed E-state index contributed by atoms with van der Waals surface area (Å²) in [6.07, 6.45) is 4.80. The molecule has 3 heterocycles. The van der Waals surface area contributed by atoms with Gasteiger partial charge in [0.25, 0.3) is 5.91 Å². The van der Waals surface area contributed by atoms with E-state index in [0.717, 1.165) is 16.9 Å². The number of benzene rings is 1. The van der Waals surface area contributed by atoms with Gasteiger partial charge in [-0.15, -0.1) is 0 Å². The molecule has 3 aromatic heterocycles. The number of nitrogens with zero attached hydrogens (tertiary/aromatic N) is 5. The number of para-hydroxylation sites is 1.